The lowest BCUT2D eigenvalue weighted by Crippen LogP contribution is -2.43. The fourth-order valence-corrected chi connectivity index (χ4v) is 2.18. The summed E-state index contributed by atoms with van der Waals surface area (Å²) in [6.07, 6.45) is 0.794. The standard InChI is InChI=1S/C13H13F5N2O/c1-13(2-4-19-5-3-13)12(21)20-11-9(17)7(15)6(14)8(16)10(11)18/h19H,2-5H2,1H3,(H,20,21). The minimum Gasteiger partial charge on any atom is -0.321 e. The maximum absolute atomic E-state index is 13.5. The highest BCUT2D eigenvalue weighted by atomic mass is 19.2. The monoisotopic (exact) mass is 308 g/mol. The second-order valence-electron chi connectivity index (χ2n) is 5.21. The molecule has 0 bridgehead atoms. The maximum atomic E-state index is 13.5. The fourth-order valence-electron chi connectivity index (χ4n) is 2.18. The molecule has 1 amide bonds. The highest BCUT2D eigenvalue weighted by Gasteiger charge is 2.36. The molecule has 3 nitrogen and oxygen atoms in total. The first-order valence-corrected chi connectivity index (χ1v) is 6.31. The quantitative estimate of drug-likeness (QED) is 0.501. The Bertz CT molecular complexity index is 555. The number of anilines is 1. The molecule has 8 heteroatoms. The van der Waals surface area contributed by atoms with E-state index in [1.165, 1.54) is 0 Å². The van der Waals surface area contributed by atoms with Crippen molar-refractivity contribution >= 4 is 11.6 Å². The Morgan fingerprint density at radius 3 is 1.86 bits per heavy atom. The molecular weight excluding hydrogens is 295 g/mol. The summed E-state index contributed by atoms with van der Waals surface area (Å²) in [7, 11) is 0. The molecular formula is C13H13F5N2O. The molecule has 1 aromatic rings. The zero-order valence-electron chi connectivity index (χ0n) is 11.1. The molecule has 1 saturated heterocycles. The van der Waals surface area contributed by atoms with E-state index >= 15 is 0 Å². The maximum Gasteiger partial charge on any atom is 0.230 e. The van der Waals surface area contributed by atoms with Gasteiger partial charge in [-0.15, -0.1) is 0 Å². The second-order valence-corrected chi connectivity index (χ2v) is 5.21. The fraction of sp³-hybridized carbons (Fsp3) is 0.462. The van der Waals surface area contributed by atoms with Crippen LogP contribution in [0.15, 0.2) is 0 Å². The number of rotatable bonds is 2. The first-order chi connectivity index (χ1) is 9.78. The van der Waals surface area contributed by atoms with Gasteiger partial charge < -0.3 is 10.6 Å². The Labute approximate surface area is 117 Å². The molecule has 1 fully saturated rings. The predicted molar refractivity (Wildman–Crippen MR) is 65.1 cm³/mol. The summed E-state index contributed by atoms with van der Waals surface area (Å²) in [5.41, 5.74) is -2.23. The van der Waals surface area contributed by atoms with Crippen LogP contribution in [0.1, 0.15) is 19.8 Å². The summed E-state index contributed by atoms with van der Waals surface area (Å²) in [5.74, 6) is -11.3. The molecule has 1 aromatic carbocycles. The largest absolute Gasteiger partial charge is 0.321 e. The van der Waals surface area contributed by atoms with Gasteiger partial charge in [0.05, 0.1) is 0 Å². The average molecular weight is 308 g/mol. The first-order valence-electron chi connectivity index (χ1n) is 6.31. The summed E-state index contributed by atoms with van der Waals surface area (Å²) < 4.78 is 66.1. The lowest BCUT2D eigenvalue weighted by Gasteiger charge is -2.32. The SMILES string of the molecule is CC1(C(=O)Nc2c(F)c(F)c(F)c(F)c2F)CCNCC1. The number of halogens is 5. The van der Waals surface area contributed by atoms with Crippen molar-refractivity contribution in [3.63, 3.8) is 0 Å². The third-order valence-corrected chi connectivity index (χ3v) is 3.70. The number of amides is 1. The van der Waals surface area contributed by atoms with Gasteiger partial charge in [-0.2, -0.15) is 0 Å². The van der Waals surface area contributed by atoms with Crippen LogP contribution in [0.5, 0.6) is 0 Å². The molecule has 0 spiro atoms. The molecule has 2 N–H and O–H groups in total. The molecule has 1 heterocycles. The van der Waals surface area contributed by atoms with E-state index in [9.17, 15) is 26.7 Å². The summed E-state index contributed by atoms with van der Waals surface area (Å²) in [5, 5.41) is 4.84. The van der Waals surface area contributed by atoms with E-state index in [-0.39, 0.29) is 0 Å². The van der Waals surface area contributed by atoms with Crippen LogP contribution in [0, 0.1) is 34.5 Å². The number of carbonyl (C=O) groups excluding carboxylic acids is 1. The number of hydrogen-bond donors (Lipinski definition) is 2. The summed E-state index contributed by atoms with van der Waals surface area (Å²) in [6.45, 7) is 2.64. The molecule has 0 saturated carbocycles. The van der Waals surface area contributed by atoms with E-state index in [4.69, 9.17) is 0 Å². The van der Waals surface area contributed by atoms with Gasteiger partial charge in [0.25, 0.3) is 0 Å². The molecule has 2 rings (SSSR count). The van der Waals surface area contributed by atoms with Crippen molar-refractivity contribution in [2.45, 2.75) is 19.8 Å². The zero-order chi connectivity index (χ0) is 15.8. The van der Waals surface area contributed by atoms with E-state index in [0.29, 0.717) is 25.9 Å². The molecule has 0 aromatic heterocycles. The van der Waals surface area contributed by atoms with Crippen molar-refractivity contribution in [3.8, 4) is 0 Å². The molecule has 0 aliphatic carbocycles. The lowest BCUT2D eigenvalue weighted by molar-refractivity contribution is -0.126. The van der Waals surface area contributed by atoms with Crippen LogP contribution >= 0.6 is 0 Å². The number of piperidine rings is 1. The van der Waals surface area contributed by atoms with Crippen LogP contribution < -0.4 is 10.6 Å². The normalized spacial score (nSPS) is 17.6. The third kappa shape index (κ3) is 2.72. The molecule has 0 unspecified atom stereocenters. The van der Waals surface area contributed by atoms with Crippen molar-refractivity contribution in [1.82, 2.24) is 5.32 Å². The van der Waals surface area contributed by atoms with Crippen LogP contribution in [-0.4, -0.2) is 19.0 Å². The minimum atomic E-state index is -2.25. The van der Waals surface area contributed by atoms with Crippen molar-refractivity contribution in [3.05, 3.63) is 29.1 Å². The van der Waals surface area contributed by atoms with Gasteiger partial charge in [0, 0.05) is 5.41 Å². The van der Waals surface area contributed by atoms with Gasteiger partial charge in [-0.1, -0.05) is 6.92 Å². The van der Waals surface area contributed by atoms with Crippen molar-refractivity contribution < 1.29 is 26.7 Å². The van der Waals surface area contributed by atoms with Crippen molar-refractivity contribution in [1.29, 1.82) is 0 Å². The van der Waals surface area contributed by atoms with E-state index in [0.717, 1.165) is 0 Å². The van der Waals surface area contributed by atoms with E-state index in [1.807, 2.05) is 5.32 Å². The van der Waals surface area contributed by atoms with Crippen molar-refractivity contribution in [2.75, 3.05) is 18.4 Å². The highest BCUT2D eigenvalue weighted by molar-refractivity contribution is 5.95. The lowest BCUT2D eigenvalue weighted by atomic mass is 9.80. The van der Waals surface area contributed by atoms with Gasteiger partial charge in [0.15, 0.2) is 23.3 Å². The number of carbonyl (C=O) groups is 1. The summed E-state index contributed by atoms with van der Waals surface area (Å²) >= 11 is 0. The third-order valence-electron chi connectivity index (χ3n) is 3.70. The molecule has 1 aliphatic rings. The van der Waals surface area contributed by atoms with E-state index in [1.54, 1.807) is 6.92 Å². The van der Waals surface area contributed by atoms with Gasteiger partial charge >= 0.3 is 0 Å². The number of benzene rings is 1. The van der Waals surface area contributed by atoms with Crippen molar-refractivity contribution in [2.24, 2.45) is 5.41 Å². The van der Waals surface area contributed by atoms with E-state index in [2.05, 4.69) is 5.32 Å². The zero-order valence-corrected chi connectivity index (χ0v) is 11.1. The predicted octanol–water partition coefficient (Wildman–Crippen LogP) is 2.71. The molecule has 116 valence electrons. The Kier molecular flexibility index (Phi) is 4.18. The topological polar surface area (TPSA) is 41.1 Å². The van der Waals surface area contributed by atoms with Crippen LogP contribution in [0.4, 0.5) is 27.6 Å². The molecule has 21 heavy (non-hydrogen) atoms. The highest BCUT2D eigenvalue weighted by Crippen LogP contribution is 2.32. The summed E-state index contributed by atoms with van der Waals surface area (Å²) in [4.78, 5) is 12.1. The molecule has 0 radical (unpaired) electrons. The number of hydrogen-bond acceptors (Lipinski definition) is 2. The minimum absolute atomic E-state index is 0.397. The van der Waals surface area contributed by atoms with Crippen LogP contribution in [0.25, 0.3) is 0 Å². The van der Waals surface area contributed by atoms with Gasteiger partial charge in [0.1, 0.15) is 5.69 Å². The van der Waals surface area contributed by atoms with E-state index < -0.39 is 46.1 Å². The van der Waals surface area contributed by atoms with Gasteiger partial charge in [0.2, 0.25) is 11.7 Å². The second kappa shape index (κ2) is 5.59. The Morgan fingerprint density at radius 1 is 0.952 bits per heavy atom. The van der Waals surface area contributed by atoms with Crippen LogP contribution in [0.3, 0.4) is 0 Å². The molecule has 0 atom stereocenters. The Balaban J connectivity index is 2.34. The van der Waals surface area contributed by atoms with Gasteiger partial charge in [-0.25, -0.2) is 22.0 Å². The Hall–Kier alpha value is -1.70. The first kappa shape index (κ1) is 15.7. The molecule has 1 aliphatic heterocycles. The smallest absolute Gasteiger partial charge is 0.230 e. The average Bonchev–Trinajstić information content (AvgIpc) is 2.48. The van der Waals surface area contributed by atoms with Gasteiger partial charge in [-0.3, -0.25) is 4.79 Å². The van der Waals surface area contributed by atoms with Crippen LogP contribution in [-0.2, 0) is 4.79 Å². The Morgan fingerprint density at radius 2 is 1.38 bits per heavy atom. The van der Waals surface area contributed by atoms with Gasteiger partial charge in [-0.05, 0) is 25.9 Å². The van der Waals surface area contributed by atoms with Crippen LogP contribution in [0.2, 0.25) is 0 Å². The number of nitrogens with one attached hydrogen (secondary N) is 2. The summed E-state index contributed by atoms with van der Waals surface area (Å²) in [6, 6.07) is 0.